The highest BCUT2D eigenvalue weighted by atomic mass is 35.5. The van der Waals surface area contributed by atoms with E-state index in [1.165, 1.54) is 28.5 Å². The first-order valence-corrected chi connectivity index (χ1v) is 6.70. The zero-order valence-corrected chi connectivity index (χ0v) is 11.5. The lowest BCUT2D eigenvalue weighted by Gasteiger charge is -2.14. The van der Waals surface area contributed by atoms with Crippen molar-refractivity contribution in [3.8, 4) is 5.40 Å². The van der Waals surface area contributed by atoms with Crippen molar-refractivity contribution in [3.63, 3.8) is 0 Å². The lowest BCUT2D eigenvalue weighted by molar-refractivity contribution is 0.740. The fourth-order valence-electron chi connectivity index (χ4n) is 1.62. The van der Waals surface area contributed by atoms with Crippen LogP contribution in [0.1, 0.15) is 36.0 Å². The summed E-state index contributed by atoms with van der Waals surface area (Å²) in [5, 5.41) is 11.4. The van der Waals surface area contributed by atoms with Gasteiger partial charge in [0.2, 0.25) is 0 Å². The monoisotopic (exact) mass is 253 g/mol. The zero-order valence-electron chi connectivity index (χ0n) is 9.88. The van der Waals surface area contributed by atoms with Crippen molar-refractivity contribution in [2.75, 3.05) is 5.75 Å². The van der Waals surface area contributed by atoms with Crippen LogP contribution in [0, 0.1) is 24.5 Å². The van der Waals surface area contributed by atoms with E-state index in [9.17, 15) is 0 Å². The first-order valence-electron chi connectivity index (χ1n) is 5.33. The van der Waals surface area contributed by atoms with Crippen LogP contribution < -0.4 is 0 Å². The number of hydrogen-bond donors (Lipinski definition) is 0. The summed E-state index contributed by atoms with van der Waals surface area (Å²) in [4.78, 5) is 0. The van der Waals surface area contributed by atoms with Crippen LogP contribution in [0.15, 0.2) is 12.1 Å². The third kappa shape index (κ3) is 3.43. The van der Waals surface area contributed by atoms with E-state index in [-0.39, 0.29) is 0 Å². The molecule has 0 saturated heterocycles. The standard InChI is InChI=1S/C13H16ClNS/c1-9(4-5-16-8-15)12-6-10(2)11(3)7-13(12)14/h6-7,9H,4-5H2,1-3H3. The number of nitrogens with zero attached hydrogens (tertiary/aromatic N) is 1. The summed E-state index contributed by atoms with van der Waals surface area (Å²) in [6, 6.07) is 4.19. The Morgan fingerprint density at radius 1 is 1.38 bits per heavy atom. The third-order valence-corrected chi connectivity index (χ3v) is 3.76. The first kappa shape index (κ1) is 13.4. The summed E-state index contributed by atoms with van der Waals surface area (Å²) in [7, 11) is 0. The highest BCUT2D eigenvalue weighted by Gasteiger charge is 2.11. The molecule has 0 heterocycles. The number of aryl methyl sites for hydroxylation is 2. The first-order chi connectivity index (χ1) is 7.56. The van der Waals surface area contributed by atoms with Crippen molar-refractivity contribution in [3.05, 3.63) is 33.8 Å². The minimum Gasteiger partial charge on any atom is -0.185 e. The molecule has 1 atom stereocenters. The molecular formula is C13H16ClNS. The van der Waals surface area contributed by atoms with Crippen molar-refractivity contribution in [1.29, 1.82) is 5.26 Å². The normalized spacial score (nSPS) is 12.2. The molecule has 0 spiro atoms. The van der Waals surface area contributed by atoms with Crippen LogP contribution in [0.4, 0.5) is 0 Å². The second-order valence-electron chi connectivity index (χ2n) is 4.09. The predicted molar refractivity (Wildman–Crippen MR) is 72.0 cm³/mol. The van der Waals surface area contributed by atoms with E-state index < -0.39 is 0 Å². The van der Waals surface area contributed by atoms with Crippen LogP contribution in [-0.2, 0) is 0 Å². The molecule has 0 aromatic heterocycles. The minimum atomic E-state index is 0.410. The highest BCUT2D eigenvalue weighted by molar-refractivity contribution is 8.03. The van der Waals surface area contributed by atoms with Crippen LogP contribution in [0.3, 0.4) is 0 Å². The molecule has 0 saturated carbocycles. The van der Waals surface area contributed by atoms with E-state index in [1.807, 2.05) is 6.07 Å². The van der Waals surface area contributed by atoms with Gasteiger partial charge in [-0.15, -0.1) is 0 Å². The van der Waals surface area contributed by atoms with Gasteiger partial charge in [0.05, 0.1) is 0 Å². The smallest absolute Gasteiger partial charge is 0.133 e. The van der Waals surface area contributed by atoms with Crippen LogP contribution in [0.2, 0.25) is 5.02 Å². The Hall–Kier alpha value is -0.650. The maximum absolute atomic E-state index is 8.47. The van der Waals surface area contributed by atoms with E-state index in [0.717, 1.165) is 17.2 Å². The maximum atomic E-state index is 8.47. The topological polar surface area (TPSA) is 23.8 Å². The number of benzene rings is 1. The lowest BCUT2D eigenvalue weighted by atomic mass is 9.95. The Morgan fingerprint density at radius 2 is 2.00 bits per heavy atom. The van der Waals surface area contributed by atoms with Gasteiger partial charge in [0.1, 0.15) is 5.40 Å². The summed E-state index contributed by atoms with van der Waals surface area (Å²) in [6.45, 7) is 6.33. The molecule has 86 valence electrons. The number of nitriles is 1. The Labute approximate surface area is 107 Å². The van der Waals surface area contributed by atoms with Gasteiger partial charge in [-0.2, -0.15) is 5.26 Å². The second-order valence-corrected chi connectivity index (χ2v) is 5.37. The van der Waals surface area contributed by atoms with Crippen LogP contribution >= 0.6 is 23.4 Å². The number of rotatable bonds is 4. The molecule has 0 fully saturated rings. The maximum Gasteiger partial charge on any atom is 0.133 e. The van der Waals surface area contributed by atoms with Crippen molar-refractivity contribution in [2.45, 2.75) is 33.1 Å². The molecule has 0 aliphatic carbocycles. The Bertz CT molecular complexity index is 409. The molecule has 1 unspecified atom stereocenters. The van der Waals surface area contributed by atoms with Crippen molar-refractivity contribution in [1.82, 2.24) is 0 Å². The average Bonchev–Trinajstić information content (AvgIpc) is 2.23. The van der Waals surface area contributed by atoms with E-state index >= 15 is 0 Å². The number of hydrogen-bond acceptors (Lipinski definition) is 2. The third-order valence-electron chi connectivity index (χ3n) is 2.86. The fourth-order valence-corrected chi connectivity index (χ4v) is 2.58. The van der Waals surface area contributed by atoms with Crippen LogP contribution in [0.25, 0.3) is 0 Å². The van der Waals surface area contributed by atoms with Gasteiger partial charge in [-0.25, -0.2) is 0 Å². The van der Waals surface area contributed by atoms with Crippen molar-refractivity contribution in [2.24, 2.45) is 0 Å². The molecule has 0 aliphatic rings. The van der Waals surface area contributed by atoms with Gasteiger partial charge in [0.15, 0.2) is 0 Å². The highest BCUT2D eigenvalue weighted by Crippen LogP contribution is 2.30. The van der Waals surface area contributed by atoms with Gasteiger partial charge in [-0.3, -0.25) is 0 Å². The number of halogens is 1. The molecule has 1 nitrogen and oxygen atoms in total. The molecule has 0 bridgehead atoms. The van der Waals surface area contributed by atoms with Crippen LogP contribution in [-0.4, -0.2) is 5.75 Å². The van der Waals surface area contributed by atoms with Gasteiger partial charge >= 0.3 is 0 Å². The molecule has 3 heteroatoms. The summed E-state index contributed by atoms with van der Waals surface area (Å²) in [5.74, 6) is 1.27. The molecular weight excluding hydrogens is 238 g/mol. The van der Waals surface area contributed by atoms with E-state index in [4.69, 9.17) is 16.9 Å². The Kier molecular flexibility index (Phi) is 5.18. The predicted octanol–water partition coefficient (Wildman–Crippen LogP) is 4.66. The van der Waals surface area contributed by atoms with Gasteiger partial charge in [-0.05, 0) is 60.7 Å². The molecule has 0 radical (unpaired) electrons. The Balaban J connectivity index is 2.79. The quantitative estimate of drug-likeness (QED) is 0.575. The summed E-state index contributed by atoms with van der Waals surface area (Å²) >= 11 is 7.54. The molecule has 1 rings (SSSR count). The van der Waals surface area contributed by atoms with Crippen LogP contribution in [0.5, 0.6) is 0 Å². The molecule has 0 N–H and O–H groups in total. The van der Waals surface area contributed by atoms with Crippen molar-refractivity contribution >= 4 is 23.4 Å². The fraction of sp³-hybridized carbons (Fsp3) is 0.462. The second kappa shape index (κ2) is 6.18. The molecule has 16 heavy (non-hydrogen) atoms. The van der Waals surface area contributed by atoms with Gasteiger partial charge in [0, 0.05) is 10.8 Å². The number of thiocyanates is 1. The SMILES string of the molecule is Cc1cc(Cl)c(C(C)CCSC#N)cc1C. The van der Waals surface area contributed by atoms with E-state index in [2.05, 4.69) is 32.2 Å². The zero-order chi connectivity index (χ0) is 12.1. The molecule has 1 aromatic rings. The van der Waals surface area contributed by atoms with E-state index in [1.54, 1.807) is 0 Å². The van der Waals surface area contributed by atoms with Crippen molar-refractivity contribution < 1.29 is 0 Å². The van der Waals surface area contributed by atoms with Gasteiger partial charge < -0.3 is 0 Å². The van der Waals surface area contributed by atoms with E-state index in [0.29, 0.717) is 5.92 Å². The van der Waals surface area contributed by atoms with Gasteiger partial charge in [0.25, 0.3) is 0 Å². The molecule has 1 aromatic carbocycles. The van der Waals surface area contributed by atoms with Gasteiger partial charge in [-0.1, -0.05) is 24.6 Å². The summed E-state index contributed by atoms with van der Waals surface area (Å²) < 4.78 is 0. The largest absolute Gasteiger partial charge is 0.185 e. The number of thioether (sulfide) groups is 1. The minimum absolute atomic E-state index is 0.410. The lowest BCUT2D eigenvalue weighted by Crippen LogP contribution is -1.98. The Morgan fingerprint density at radius 3 is 2.62 bits per heavy atom. The molecule has 0 amide bonds. The molecule has 0 aliphatic heterocycles. The summed E-state index contributed by atoms with van der Waals surface area (Å²) in [6.07, 6.45) is 0.987. The summed E-state index contributed by atoms with van der Waals surface area (Å²) in [5.41, 5.74) is 3.70. The average molecular weight is 254 g/mol.